The fourth-order valence-electron chi connectivity index (χ4n) is 2.18. The number of pyridine rings is 1. The summed E-state index contributed by atoms with van der Waals surface area (Å²) < 4.78 is 0.960. The van der Waals surface area contributed by atoms with Crippen molar-refractivity contribution in [3.63, 3.8) is 0 Å². The number of hydrogen-bond acceptors (Lipinski definition) is 3. The fraction of sp³-hybridized carbons (Fsp3) is 0.0526. The van der Waals surface area contributed by atoms with Gasteiger partial charge in [0.15, 0.2) is 0 Å². The molecular weight excluding hydrogens is 366 g/mol. The number of halogens is 1. The van der Waals surface area contributed by atoms with Crippen molar-refractivity contribution in [3.8, 4) is 0 Å². The number of para-hydroxylation sites is 1. The SMILES string of the molecule is Cc1ccc(NC(=O)c2ccnc(Nc3ccccc3)c2)cc1Br. The Balaban J connectivity index is 1.75. The number of nitrogens with one attached hydrogen (secondary N) is 2. The normalized spacial score (nSPS) is 10.2. The van der Waals surface area contributed by atoms with Crippen LogP contribution in [0.1, 0.15) is 15.9 Å². The molecule has 1 amide bonds. The minimum absolute atomic E-state index is 0.177. The number of benzene rings is 2. The molecule has 5 heteroatoms. The van der Waals surface area contributed by atoms with Crippen LogP contribution in [-0.2, 0) is 0 Å². The lowest BCUT2D eigenvalue weighted by Crippen LogP contribution is -2.12. The van der Waals surface area contributed by atoms with E-state index < -0.39 is 0 Å². The van der Waals surface area contributed by atoms with Crippen LogP contribution in [0.3, 0.4) is 0 Å². The van der Waals surface area contributed by atoms with Gasteiger partial charge in [-0.2, -0.15) is 0 Å². The van der Waals surface area contributed by atoms with Gasteiger partial charge in [-0.05, 0) is 48.9 Å². The summed E-state index contributed by atoms with van der Waals surface area (Å²) in [7, 11) is 0. The smallest absolute Gasteiger partial charge is 0.255 e. The van der Waals surface area contributed by atoms with Gasteiger partial charge in [-0.1, -0.05) is 40.2 Å². The number of aromatic nitrogens is 1. The van der Waals surface area contributed by atoms with Crippen molar-refractivity contribution in [2.24, 2.45) is 0 Å². The highest BCUT2D eigenvalue weighted by molar-refractivity contribution is 9.10. The second-order valence-corrected chi connectivity index (χ2v) is 6.19. The van der Waals surface area contributed by atoms with Gasteiger partial charge >= 0.3 is 0 Å². The number of carbonyl (C=O) groups is 1. The number of amides is 1. The monoisotopic (exact) mass is 381 g/mol. The molecule has 4 nitrogen and oxygen atoms in total. The minimum Gasteiger partial charge on any atom is -0.340 e. The molecule has 120 valence electrons. The standard InChI is InChI=1S/C19H16BrN3O/c1-13-7-8-16(12-17(13)20)23-19(24)14-9-10-21-18(11-14)22-15-5-3-2-4-6-15/h2-12H,1H3,(H,21,22)(H,23,24). The zero-order valence-corrected chi connectivity index (χ0v) is 14.7. The lowest BCUT2D eigenvalue weighted by molar-refractivity contribution is 0.102. The van der Waals surface area contributed by atoms with E-state index in [1.165, 1.54) is 0 Å². The Kier molecular flexibility index (Phi) is 4.91. The van der Waals surface area contributed by atoms with Crippen LogP contribution < -0.4 is 10.6 Å². The number of carbonyl (C=O) groups excluding carboxylic acids is 1. The Morgan fingerprint density at radius 1 is 1.00 bits per heavy atom. The minimum atomic E-state index is -0.177. The van der Waals surface area contributed by atoms with Crippen molar-refractivity contribution in [1.29, 1.82) is 0 Å². The first-order chi connectivity index (χ1) is 11.6. The molecule has 0 spiro atoms. The van der Waals surface area contributed by atoms with Crippen molar-refractivity contribution >= 4 is 39.0 Å². The van der Waals surface area contributed by atoms with E-state index in [2.05, 4.69) is 31.5 Å². The highest BCUT2D eigenvalue weighted by Gasteiger charge is 2.08. The molecule has 0 atom stereocenters. The van der Waals surface area contributed by atoms with Gasteiger partial charge in [0.1, 0.15) is 5.82 Å². The van der Waals surface area contributed by atoms with Crippen LogP contribution in [0.4, 0.5) is 17.2 Å². The Morgan fingerprint density at radius 2 is 1.79 bits per heavy atom. The molecule has 0 saturated heterocycles. The molecule has 0 fully saturated rings. The van der Waals surface area contributed by atoms with Crippen LogP contribution in [0.15, 0.2) is 71.3 Å². The highest BCUT2D eigenvalue weighted by Crippen LogP contribution is 2.21. The zero-order chi connectivity index (χ0) is 16.9. The summed E-state index contributed by atoms with van der Waals surface area (Å²) >= 11 is 3.47. The maximum absolute atomic E-state index is 12.4. The summed E-state index contributed by atoms with van der Waals surface area (Å²) in [5.41, 5.74) is 3.32. The van der Waals surface area contributed by atoms with E-state index >= 15 is 0 Å². The Morgan fingerprint density at radius 3 is 2.54 bits per heavy atom. The molecule has 24 heavy (non-hydrogen) atoms. The molecule has 0 aliphatic heterocycles. The van der Waals surface area contributed by atoms with Gasteiger partial charge in [0.05, 0.1) is 0 Å². The second kappa shape index (κ2) is 7.27. The molecule has 0 aliphatic rings. The molecule has 1 aromatic heterocycles. The highest BCUT2D eigenvalue weighted by atomic mass is 79.9. The molecular formula is C19H16BrN3O. The third-order valence-electron chi connectivity index (χ3n) is 3.50. The van der Waals surface area contributed by atoms with Gasteiger partial charge in [-0.25, -0.2) is 4.98 Å². The van der Waals surface area contributed by atoms with Gasteiger partial charge in [0.25, 0.3) is 5.91 Å². The van der Waals surface area contributed by atoms with Crippen molar-refractivity contribution in [2.75, 3.05) is 10.6 Å². The number of anilines is 3. The first-order valence-electron chi connectivity index (χ1n) is 7.47. The maximum Gasteiger partial charge on any atom is 0.255 e. The summed E-state index contributed by atoms with van der Waals surface area (Å²) in [6.07, 6.45) is 1.62. The van der Waals surface area contributed by atoms with Crippen molar-refractivity contribution < 1.29 is 4.79 Å². The molecule has 2 N–H and O–H groups in total. The number of hydrogen-bond donors (Lipinski definition) is 2. The van der Waals surface area contributed by atoms with Gasteiger partial charge in [0.2, 0.25) is 0 Å². The third-order valence-corrected chi connectivity index (χ3v) is 4.35. The van der Waals surface area contributed by atoms with Crippen LogP contribution in [0.5, 0.6) is 0 Å². The largest absolute Gasteiger partial charge is 0.340 e. The predicted octanol–water partition coefficient (Wildman–Crippen LogP) is 5.15. The molecule has 2 aromatic carbocycles. The van der Waals surface area contributed by atoms with Crippen molar-refractivity contribution in [2.45, 2.75) is 6.92 Å². The molecule has 3 rings (SSSR count). The molecule has 0 unspecified atom stereocenters. The first kappa shape index (κ1) is 16.2. The van der Waals surface area contributed by atoms with Gasteiger partial charge in [-0.15, -0.1) is 0 Å². The summed E-state index contributed by atoms with van der Waals surface area (Å²) in [6.45, 7) is 2.00. The van der Waals surface area contributed by atoms with E-state index in [0.717, 1.165) is 21.4 Å². The van der Waals surface area contributed by atoms with Crippen LogP contribution in [-0.4, -0.2) is 10.9 Å². The van der Waals surface area contributed by atoms with E-state index in [0.29, 0.717) is 11.4 Å². The molecule has 0 aliphatic carbocycles. The van der Waals surface area contributed by atoms with Gasteiger partial charge in [-0.3, -0.25) is 4.79 Å². The van der Waals surface area contributed by atoms with Crippen LogP contribution in [0.2, 0.25) is 0 Å². The van der Waals surface area contributed by atoms with E-state index in [-0.39, 0.29) is 5.91 Å². The van der Waals surface area contributed by atoms with Crippen LogP contribution >= 0.6 is 15.9 Å². The van der Waals surface area contributed by atoms with Gasteiger partial charge < -0.3 is 10.6 Å². The zero-order valence-electron chi connectivity index (χ0n) is 13.1. The van der Waals surface area contributed by atoms with Crippen molar-refractivity contribution in [1.82, 2.24) is 4.98 Å². The van der Waals surface area contributed by atoms with E-state index in [1.54, 1.807) is 18.3 Å². The molecule has 1 heterocycles. The third kappa shape index (κ3) is 4.00. The van der Waals surface area contributed by atoms with E-state index in [4.69, 9.17) is 0 Å². The van der Waals surface area contributed by atoms with Gasteiger partial charge in [0, 0.05) is 27.6 Å². The molecule has 0 saturated carbocycles. The van der Waals surface area contributed by atoms with Crippen molar-refractivity contribution in [3.05, 3.63) is 82.5 Å². The Labute approximate surface area is 149 Å². The lowest BCUT2D eigenvalue weighted by atomic mass is 10.2. The first-order valence-corrected chi connectivity index (χ1v) is 8.27. The molecule has 0 bridgehead atoms. The fourth-order valence-corrected chi connectivity index (χ4v) is 2.56. The van der Waals surface area contributed by atoms with Crippen LogP contribution in [0, 0.1) is 6.92 Å². The summed E-state index contributed by atoms with van der Waals surface area (Å²) in [6, 6.07) is 18.8. The average molecular weight is 382 g/mol. The van der Waals surface area contributed by atoms with E-state index in [1.807, 2.05) is 55.5 Å². The summed E-state index contributed by atoms with van der Waals surface area (Å²) in [5, 5.41) is 6.07. The average Bonchev–Trinajstić information content (AvgIpc) is 2.59. The molecule has 0 radical (unpaired) electrons. The topological polar surface area (TPSA) is 54.0 Å². The Bertz CT molecular complexity index is 865. The Hall–Kier alpha value is -2.66. The van der Waals surface area contributed by atoms with E-state index in [9.17, 15) is 4.79 Å². The number of rotatable bonds is 4. The lowest BCUT2D eigenvalue weighted by Gasteiger charge is -2.09. The summed E-state index contributed by atoms with van der Waals surface area (Å²) in [4.78, 5) is 16.7. The second-order valence-electron chi connectivity index (χ2n) is 5.34. The predicted molar refractivity (Wildman–Crippen MR) is 101 cm³/mol. The maximum atomic E-state index is 12.4. The van der Waals surface area contributed by atoms with Crippen LogP contribution in [0.25, 0.3) is 0 Å². The quantitative estimate of drug-likeness (QED) is 0.656. The molecule has 3 aromatic rings. The number of aryl methyl sites for hydroxylation is 1. The summed E-state index contributed by atoms with van der Waals surface area (Å²) in [5.74, 6) is 0.447. The number of nitrogens with zero attached hydrogens (tertiary/aromatic N) is 1.